The molecule has 1 N–H and O–H groups in total. The molecule has 0 fully saturated rings. The summed E-state index contributed by atoms with van der Waals surface area (Å²) in [5.41, 5.74) is 0.877. The van der Waals surface area contributed by atoms with E-state index in [1.165, 1.54) is 31.4 Å². The third-order valence-electron chi connectivity index (χ3n) is 4.06. The van der Waals surface area contributed by atoms with Gasteiger partial charge in [0.15, 0.2) is 0 Å². The second-order valence-electron chi connectivity index (χ2n) is 7.92. The van der Waals surface area contributed by atoms with E-state index in [1.807, 2.05) is 6.92 Å². The van der Waals surface area contributed by atoms with Crippen molar-refractivity contribution in [2.24, 2.45) is 0 Å². The SMILES string of the molecule is COC(=O)[C@H](Cc1ccc(OS(=O)(=O)c2ccc(C)cc2)cc1)NC(=O)OC(C)(C)C. The van der Waals surface area contributed by atoms with Gasteiger partial charge in [-0.3, -0.25) is 0 Å². The smallest absolute Gasteiger partial charge is 0.408 e. The standard InChI is InChI=1S/C22H27NO7S/c1-15-6-12-18(13-7-15)31(26,27)30-17-10-8-16(9-11-17)14-19(20(24)28-5)23-21(25)29-22(2,3)4/h6-13,19H,14H2,1-5H3,(H,23,25)/t19-/m0/s1. The second kappa shape index (κ2) is 9.82. The number of carbonyl (C=O) groups is 2. The van der Waals surface area contributed by atoms with Crippen LogP contribution in [0.3, 0.4) is 0 Å². The van der Waals surface area contributed by atoms with Gasteiger partial charge in [-0.2, -0.15) is 8.42 Å². The molecule has 31 heavy (non-hydrogen) atoms. The van der Waals surface area contributed by atoms with Crippen molar-refractivity contribution in [1.82, 2.24) is 5.32 Å². The van der Waals surface area contributed by atoms with Crippen LogP contribution < -0.4 is 9.50 Å². The van der Waals surface area contributed by atoms with Gasteiger partial charge in [0.1, 0.15) is 22.3 Å². The Morgan fingerprint density at radius 1 is 1.00 bits per heavy atom. The van der Waals surface area contributed by atoms with Crippen molar-refractivity contribution >= 4 is 22.2 Å². The first-order chi connectivity index (χ1) is 14.4. The molecule has 0 aromatic heterocycles. The summed E-state index contributed by atoms with van der Waals surface area (Å²) >= 11 is 0. The largest absolute Gasteiger partial charge is 0.467 e. The van der Waals surface area contributed by atoms with Crippen molar-refractivity contribution in [2.45, 2.75) is 50.7 Å². The van der Waals surface area contributed by atoms with Crippen molar-refractivity contribution < 1.29 is 31.7 Å². The van der Waals surface area contributed by atoms with Gasteiger partial charge in [0.2, 0.25) is 0 Å². The molecule has 0 aliphatic rings. The monoisotopic (exact) mass is 449 g/mol. The molecule has 0 aliphatic heterocycles. The van der Waals surface area contributed by atoms with Gasteiger partial charge in [0, 0.05) is 6.42 Å². The van der Waals surface area contributed by atoms with E-state index in [0.717, 1.165) is 5.56 Å². The van der Waals surface area contributed by atoms with Crippen molar-refractivity contribution in [1.29, 1.82) is 0 Å². The van der Waals surface area contributed by atoms with E-state index in [-0.39, 0.29) is 17.1 Å². The minimum atomic E-state index is -3.96. The quantitative estimate of drug-likeness (QED) is 0.510. The van der Waals surface area contributed by atoms with Crippen molar-refractivity contribution in [3.63, 3.8) is 0 Å². The van der Waals surface area contributed by atoms with E-state index < -0.39 is 33.8 Å². The van der Waals surface area contributed by atoms with Gasteiger partial charge < -0.3 is 19.0 Å². The van der Waals surface area contributed by atoms with E-state index in [2.05, 4.69) is 5.32 Å². The van der Waals surface area contributed by atoms with Gasteiger partial charge in [-0.1, -0.05) is 29.8 Å². The number of rotatable bonds is 7. The Hall–Kier alpha value is -3.07. The third kappa shape index (κ3) is 7.60. The van der Waals surface area contributed by atoms with Gasteiger partial charge in [-0.15, -0.1) is 0 Å². The maximum Gasteiger partial charge on any atom is 0.408 e. The molecule has 0 saturated heterocycles. The maximum absolute atomic E-state index is 12.4. The highest BCUT2D eigenvalue weighted by molar-refractivity contribution is 7.87. The number of methoxy groups -OCH3 is 1. The predicted octanol–water partition coefficient (Wildman–Crippen LogP) is 3.37. The molecule has 0 heterocycles. The second-order valence-corrected chi connectivity index (χ2v) is 9.47. The Morgan fingerprint density at radius 2 is 1.58 bits per heavy atom. The molecule has 8 nitrogen and oxygen atoms in total. The lowest BCUT2D eigenvalue weighted by molar-refractivity contribution is -0.143. The Morgan fingerprint density at radius 3 is 2.10 bits per heavy atom. The van der Waals surface area contributed by atoms with Crippen LogP contribution in [0.25, 0.3) is 0 Å². The van der Waals surface area contributed by atoms with E-state index in [4.69, 9.17) is 13.7 Å². The Bertz CT molecular complexity index is 1010. The van der Waals surface area contributed by atoms with Crippen LogP contribution in [0.2, 0.25) is 0 Å². The van der Waals surface area contributed by atoms with Crippen molar-refractivity contribution in [3.05, 3.63) is 59.7 Å². The molecular formula is C22H27NO7S. The van der Waals surface area contributed by atoms with E-state index >= 15 is 0 Å². The van der Waals surface area contributed by atoms with Gasteiger partial charge >= 0.3 is 22.2 Å². The average Bonchev–Trinajstić information content (AvgIpc) is 2.67. The number of benzene rings is 2. The highest BCUT2D eigenvalue weighted by Gasteiger charge is 2.25. The summed E-state index contributed by atoms with van der Waals surface area (Å²) in [4.78, 5) is 24.1. The first kappa shape index (κ1) is 24.2. The highest BCUT2D eigenvalue weighted by atomic mass is 32.2. The summed E-state index contributed by atoms with van der Waals surface area (Å²) in [5.74, 6) is -0.507. The number of esters is 1. The molecule has 1 amide bonds. The van der Waals surface area contributed by atoms with Crippen LogP contribution in [-0.2, 0) is 30.8 Å². The molecule has 0 unspecified atom stereocenters. The molecule has 0 saturated carbocycles. The first-order valence-corrected chi connectivity index (χ1v) is 11.0. The van der Waals surface area contributed by atoms with Crippen LogP contribution in [0.1, 0.15) is 31.9 Å². The summed E-state index contributed by atoms with van der Waals surface area (Å²) in [6.45, 7) is 6.99. The summed E-state index contributed by atoms with van der Waals surface area (Å²) in [6.07, 6.45) is -0.622. The zero-order valence-electron chi connectivity index (χ0n) is 18.2. The molecule has 168 valence electrons. The van der Waals surface area contributed by atoms with Gasteiger partial charge in [-0.25, -0.2) is 9.59 Å². The van der Waals surface area contributed by atoms with Gasteiger partial charge in [-0.05, 0) is 57.5 Å². The number of nitrogens with one attached hydrogen (secondary N) is 1. The zero-order chi connectivity index (χ0) is 23.2. The Balaban J connectivity index is 2.08. The Labute approximate surface area is 182 Å². The predicted molar refractivity (Wildman–Crippen MR) is 114 cm³/mol. The lowest BCUT2D eigenvalue weighted by Crippen LogP contribution is -2.45. The van der Waals surface area contributed by atoms with Crippen molar-refractivity contribution in [2.75, 3.05) is 7.11 Å². The number of hydrogen-bond donors (Lipinski definition) is 1. The van der Waals surface area contributed by atoms with Crippen LogP contribution in [0.15, 0.2) is 53.4 Å². The maximum atomic E-state index is 12.4. The van der Waals surface area contributed by atoms with E-state index in [0.29, 0.717) is 5.56 Å². The van der Waals surface area contributed by atoms with Crippen LogP contribution in [0.4, 0.5) is 4.79 Å². The number of aryl methyl sites for hydroxylation is 1. The summed E-state index contributed by atoms with van der Waals surface area (Å²) in [7, 11) is -2.74. The lowest BCUT2D eigenvalue weighted by atomic mass is 10.1. The van der Waals surface area contributed by atoms with Crippen LogP contribution in [0, 0.1) is 6.92 Å². The number of amides is 1. The molecule has 2 rings (SSSR count). The number of ether oxygens (including phenoxy) is 2. The molecule has 0 radical (unpaired) electrons. The fraction of sp³-hybridized carbons (Fsp3) is 0.364. The third-order valence-corrected chi connectivity index (χ3v) is 5.32. The minimum Gasteiger partial charge on any atom is -0.467 e. The molecule has 0 spiro atoms. The zero-order valence-corrected chi connectivity index (χ0v) is 19.0. The molecular weight excluding hydrogens is 422 g/mol. The number of hydrogen-bond acceptors (Lipinski definition) is 7. The van der Waals surface area contributed by atoms with Crippen LogP contribution in [0.5, 0.6) is 5.75 Å². The highest BCUT2D eigenvalue weighted by Crippen LogP contribution is 2.20. The molecule has 2 aromatic carbocycles. The van der Waals surface area contributed by atoms with Crippen molar-refractivity contribution in [3.8, 4) is 5.75 Å². The van der Waals surface area contributed by atoms with Gasteiger partial charge in [0.25, 0.3) is 0 Å². The van der Waals surface area contributed by atoms with Crippen LogP contribution >= 0.6 is 0 Å². The van der Waals surface area contributed by atoms with E-state index in [1.54, 1.807) is 45.0 Å². The Kier molecular flexibility index (Phi) is 7.67. The molecule has 0 bridgehead atoms. The summed E-state index contributed by atoms with van der Waals surface area (Å²) < 4.78 is 39.9. The fourth-order valence-electron chi connectivity index (χ4n) is 2.58. The fourth-order valence-corrected chi connectivity index (χ4v) is 3.51. The molecule has 0 aliphatic carbocycles. The normalized spacial score (nSPS) is 12.5. The molecule has 2 aromatic rings. The van der Waals surface area contributed by atoms with Crippen LogP contribution in [-0.4, -0.2) is 39.2 Å². The topological polar surface area (TPSA) is 108 Å². The number of alkyl carbamates (subject to hydrolysis) is 1. The summed E-state index contributed by atoms with van der Waals surface area (Å²) in [6, 6.07) is 11.5. The average molecular weight is 450 g/mol. The summed E-state index contributed by atoms with van der Waals surface area (Å²) in [5, 5.41) is 2.49. The molecule has 1 atom stereocenters. The lowest BCUT2D eigenvalue weighted by Gasteiger charge is -2.22. The van der Waals surface area contributed by atoms with E-state index in [9.17, 15) is 18.0 Å². The molecule has 9 heteroatoms. The van der Waals surface area contributed by atoms with Gasteiger partial charge in [0.05, 0.1) is 7.11 Å². The first-order valence-electron chi connectivity index (χ1n) is 9.57. The minimum absolute atomic E-state index is 0.0505. The number of carbonyl (C=O) groups excluding carboxylic acids is 2.